The van der Waals surface area contributed by atoms with Crippen molar-refractivity contribution in [1.82, 2.24) is 0 Å². The molecule has 2 atom stereocenters. The second kappa shape index (κ2) is 11.3. The van der Waals surface area contributed by atoms with Crippen molar-refractivity contribution in [3.63, 3.8) is 0 Å². The van der Waals surface area contributed by atoms with Crippen LogP contribution in [0, 0.1) is 5.92 Å². The van der Waals surface area contributed by atoms with Gasteiger partial charge in [0, 0.05) is 35.5 Å². The molecule has 0 spiro atoms. The highest BCUT2D eigenvalue weighted by atomic mass is 35.5. The summed E-state index contributed by atoms with van der Waals surface area (Å²) in [5, 5.41) is 2.05. The van der Waals surface area contributed by atoms with E-state index in [1.807, 2.05) is 51.1 Å². The molecular formula is C32H39ClN2O3. The molecular weight excluding hydrogens is 496 g/mol. The molecule has 6 heteroatoms. The van der Waals surface area contributed by atoms with Crippen LogP contribution in [0.25, 0.3) is 10.8 Å². The molecule has 38 heavy (non-hydrogen) atoms. The molecule has 3 aromatic carbocycles. The number of hydrogen-bond donors (Lipinski definition) is 1. The Morgan fingerprint density at radius 3 is 2.45 bits per heavy atom. The van der Waals surface area contributed by atoms with Crippen LogP contribution in [0.5, 0.6) is 5.75 Å². The zero-order valence-electron chi connectivity index (χ0n) is 23.1. The number of hydrogen-bond acceptors (Lipinski definition) is 4. The molecule has 0 radical (unpaired) electrons. The number of nitrogen functional groups attached to an aromatic ring is 1. The summed E-state index contributed by atoms with van der Waals surface area (Å²) in [6.07, 6.45) is 1.49. The topological polar surface area (TPSA) is 64.8 Å². The molecule has 1 amide bonds. The van der Waals surface area contributed by atoms with Crippen LogP contribution in [-0.4, -0.2) is 24.1 Å². The average molecular weight is 535 g/mol. The Morgan fingerprint density at radius 1 is 1.13 bits per heavy atom. The molecule has 202 valence electrons. The van der Waals surface area contributed by atoms with Crippen molar-refractivity contribution in [3.8, 4) is 5.75 Å². The van der Waals surface area contributed by atoms with Gasteiger partial charge in [-0.2, -0.15) is 0 Å². The van der Waals surface area contributed by atoms with E-state index in [9.17, 15) is 4.79 Å². The Balaban J connectivity index is 1.80. The Morgan fingerprint density at radius 2 is 1.82 bits per heavy atom. The van der Waals surface area contributed by atoms with Crippen LogP contribution in [0.2, 0.25) is 0 Å². The number of carbonyl (C=O) groups excluding carboxylic acids is 1. The fourth-order valence-corrected chi connectivity index (χ4v) is 5.11. The van der Waals surface area contributed by atoms with Crippen molar-refractivity contribution in [3.05, 3.63) is 77.4 Å². The van der Waals surface area contributed by atoms with Gasteiger partial charge >= 0.3 is 6.09 Å². The van der Waals surface area contributed by atoms with E-state index in [0.717, 1.165) is 46.2 Å². The van der Waals surface area contributed by atoms with E-state index in [1.54, 1.807) is 4.90 Å². The van der Waals surface area contributed by atoms with Gasteiger partial charge in [0.25, 0.3) is 0 Å². The minimum absolute atomic E-state index is 0.00578. The zero-order chi connectivity index (χ0) is 27.6. The first-order valence-corrected chi connectivity index (χ1v) is 13.8. The van der Waals surface area contributed by atoms with Gasteiger partial charge in [0.15, 0.2) is 0 Å². The summed E-state index contributed by atoms with van der Waals surface area (Å²) in [7, 11) is 0. The number of anilines is 2. The van der Waals surface area contributed by atoms with Crippen molar-refractivity contribution < 1.29 is 14.3 Å². The summed E-state index contributed by atoms with van der Waals surface area (Å²) >= 11 is 6.45. The van der Waals surface area contributed by atoms with E-state index in [4.69, 9.17) is 26.8 Å². The van der Waals surface area contributed by atoms with Crippen LogP contribution in [0.3, 0.4) is 0 Å². The van der Waals surface area contributed by atoms with Gasteiger partial charge in [-0.3, -0.25) is 4.90 Å². The van der Waals surface area contributed by atoms with Crippen LogP contribution in [0.15, 0.2) is 60.7 Å². The molecule has 5 nitrogen and oxygen atoms in total. The Hall–Kier alpha value is -3.18. The van der Waals surface area contributed by atoms with E-state index in [-0.39, 0.29) is 12.0 Å². The van der Waals surface area contributed by atoms with Gasteiger partial charge in [-0.1, -0.05) is 50.3 Å². The molecule has 3 aromatic rings. The van der Waals surface area contributed by atoms with Gasteiger partial charge < -0.3 is 15.2 Å². The fourth-order valence-electron chi connectivity index (χ4n) is 4.86. The van der Waals surface area contributed by atoms with Crippen molar-refractivity contribution in [2.24, 2.45) is 5.92 Å². The number of amides is 1. The largest absolute Gasteiger partial charge is 0.488 e. The first-order chi connectivity index (χ1) is 18.0. The number of nitrogens with two attached hydrogens (primary N) is 1. The molecule has 2 N–H and O–H groups in total. The molecule has 0 aromatic heterocycles. The van der Waals surface area contributed by atoms with Crippen molar-refractivity contribution in [2.75, 3.05) is 23.1 Å². The van der Waals surface area contributed by atoms with E-state index in [2.05, 4.69) is 38.6 Å². The van der Waals surface area contributed by atoms with Crippen molar-refractivity contribution in [2.45, 2.75) is 65.6 Å². The first-order valence-electron chi connectivity index (χ1n) is 13.3. The number of alkyl halides is 1. The molecule has 1 unspecified atom stereocenters. The Kier molecular flexibility index (Phi) is 8.27. The maximum Gasteiger partial charge on any atom is 0.414 e. The van der Waals surface area contributed by atoms with Crippen LogP contribution in [-0.2, 0) is 17.8 Å². The fraction of sp³-hybridized carbons (Fsp3) is 0.406. The highest BCUT2D eigenvalue weighted by Gasteiger charge is 2.37. The number of rotatable bonds is 8. The molecule has 0 saturated carbocycles. The molecule has 1 heterocycles. The Labute approximate surface area is 231 Å². The van der Waals surface area contributed by atoms with E-state index >= 15 is 0 Å². The monoisotopic (exact) mass is 534 g/mol. The molecule has 0 bridgehead atoms. The van der Waals surface area contributed by atoms with Crippen LogP contribution < -0.4 is 15.4 Å². The van der Waals surface area contributed by atoms with Crippen LogP contribution in [0.1, 0.15) is 63.6 Å². The SMILES string of the molecule is C=C(Cc1ccc2c3c(cc(OCc4ccc(N)cc4)c2c1)N(C(=O)OC(C)(C)C)C[C@H]3CCl)C(C)CC. The predicted molar refractivity (Wildman–Crippen MR) is 158 cm³/mol. The number of benzene rings is 3. The predicted octanol–water partition coefficient (Wildman–Crippen LogP) is 8.22. The minimum atomic E-state index is -0.603. The van der Waals surface area contributed by atoms with Gasteiger partial charge in [-0.25, -0.2) is 4.79 Å². The summed E-state index contributed by atoms with van der Waals surface area (Å²) in [5.41, 5.74) is 11.2. The summed E-state index contributed by atoms with van der Waals surface area (Å²) in [5.74, 6) is 1.57. The van der Waals surface area contributed by atoms with E-state index in [0.29, 0.717) is 30.6 Å². The van der Waals surface area contributed by atoms with Gasteiger partial charge in [-0.05, 0) is 79.8 Å². The molecule has 1 aliphatic rings. The number of carbonyl (C=O) groups is 1. The number of allylic oxidation sites excluding steroid dienone is 1. The van der Waals surface area contributed by atoms with E-state index in [1.165, 1.54) is 11.1 Å². The third kappa shape index (κ3) is 6.10. The normalized spacial score (nSPS) is 15.8. The highest BCUT2D eigenvalue weighted by molar-refractivity contribution is 6.19. The lowest BCUT2D eigenvalue weighted by molar-refractivity contribution is 0.0582. The van der Waals surface area contributed by atoms with Gasteiger partial charge in [-0.15, -0.1) is 11.6 Å². The lowest BCUT2D eigenvalue weighted by Gasteiger charge is -2.25. The second-order valence-electron chi connectivity index (χ2n) is 11.3. The van der Waals surface area contributed by atoms with Gasteiger partial charge in [0.05, 0.1) is 5.69 Å². The number of ether oxygens (including phenoxy) is 2. The number of halogens is 1. The lowest BCUT2D eigenvalue weighted by Crippen LogP contribution is -2.36. The number of fused-ring (bicyclic) bond motifs is 3. The maximum atomic E-state index is 13.2. The van der Waals surface area contributed by atoms with E-state index < -0.39 is 5.60 Å². The van der Waals surface area contributed by atoms with Gasteiger partial charge in [0.1, 0.15) is 18.0 Å². The minimum Gasteiger partial charge on any atom is -0.488 e. The summed E-state index contributed by atoms with van der Waals surface area (Å²) in [6, 6.07) is 16.1. The summed E-state index contributed by atoms with van der Waals surface area (Å²) < 4.78 is 12.2. The molecule has 4 rings (SSSR count). The zero-order valence-corrected chi connectivity index (χ0v) is 23.9. The molecule has 0 aliphatic carbocycles. The Bertz CT molecular complexity index is 1330. The second-order valence-corrected chi connectivity index (χ2v) is 11.6. The molecule has 0 fully saturated rings. The number of nitrogens with zero attached hydrogens (tertiary/aromatic N) is 1. The molecule has 1 aliphatic heterocycles. The quantitative estimate of drug-likeness (QED) is 0.179. The van der Waals surface area contributed by atoms with Crippen LogP contribution >= 0.6 is 11.6 Å². The smallest absolute Gasteiger partial charge is 0.414 e. The average Bonchev–Trinajstić information content (AvgIpc) is 3.25. The third-order valence-corrected chi connectivity index (χ3v) is 7.57. The standard InChI is InChI=1S/C32H39ClN2O3/c1-7-20(2)21(3)14-23-10-13-26-27(15-23)29(37-19-22-8-11-25(34)12-9-22)16-28-30(26)24(17-33)18-35(28)31(36)38-32(4,5)6/h8-13,15-16,20,24H,3,7,14,17-19,34H2,1-2,4-6H3/t20?,24-/m1/s1. The summed E-state index contributed by atoms with van der Waals surface area (Å²) in [4.78, 5) is 14.9. The molecule has 0 saturated heterocycles. The van der Waals surface area contributed by atoms with Crippen molar-refractivity contribution in [1.29, 1.82) is 0 Å². The highest BCUT2D eigenvalue weighted by Crippen LogP contribution is 2.46. The van der Waals surface area contributed by atoms with Gasteiger partial charge in [0.2, 0.25) is 0 Å². The van der Waals surface area contributed by atoms with Crippen LogP contribution in [0.4, 0.5) is 16.2 Å². The summed E-state index contributed by atoms with van der Waals surface area (Å²) in [6.45, 7) is 15.2. The maximum absolute atomic E-state index is 13.2. The lowest BCUT2D eigenvalue weighted by atomic mass is 9.90. The van der Waals surface area contributed by atoms with Crippen molar-refractivity contribution >= 4 is 39.8 Å². The third-order valence-electron chi connectivity index (χ3n) is 7.20. The first kappa shape index (κ1) is 27.8.